The summed E-state index contributed by atoms with van der Waals surface area (Å²) in [5.41, 5.74) is 0.250. The second-order valence-electron chi connectivity index (χ2n) is 3.17. The highest BCUT2D eigenvalue weighted by Gasteiger charge is 2.11. The minimum absolute atomic E-state index is 0.00254. The van der Waals surface area contributed by atoms with Gasteiger partial charge in [0.25, 0.3) is 5.91 Å². The summed E-state index contributed by atoms with van der Waals surface area (Å²) in [7, 11) is 1.32. The number of carbonyl (C=O) groups is 1. The lowest BCUT2D eigenvalue weighted by atomic mass is 10.2. The summed E-state index contributed by atoms with van der Waals surface area (Å²) in [6.45, 7) is 1.55. The van der Waals surface area contributed by atoms with Crippen molar-refractivity contribution in [2.45, 2.75) is 13.0 Å². The van der Waals surface area contributed by atoms with E-state index in [2.05, 4.69) is 5.32 Å². The number of nitrogens with one attached hydrogen (secondary N) is 1. The Morgan fingerprint density at radius 1 is 1.62 bits per heavy atom. The Kier molecular flexibility index (Phi) is 3.84. The monoisotopic (exact) mass is 222 g/mol. The van der Waals surface area contributed by atoms with Gasteiger partial charge in [-0.2, -0.15) is 5.26 Å². The molecule has 0 fully saturated rings. The lowest BCUT2D eigenvalue weighted by Gasteiger charge is -2.08. The van der Waals surface area contributed by atoms with Gasteiger partial charge in [-0.05, 0) is 25.1 Å². The maximum atomic E-state index is 13.1. The molecular weight excluding hydrogens is 211 g/mol. The van der Waals surface area contributed by atoms with E-state index >= 15 is 0 Å². The molecule has 1 amide bonds. The molecule has 1 unspecified atom stereocenters. The van der Waals surface area contributed by atoms with Crippen molar-refractivity contribution in [2.75, 3.05) is 7.11 Å². The molecule has 1 aromatic carbocycles. The van der Waals surface area contributed by atoms with Crippen LogP contribution in [-0.4, -0.2) is 19.1 Å². The van der Waals surface area contributed by atoms with Crippen LogP contribution < -0.4 is 10.1 Å². The predicted octanol–water partition coefficient (Wildman–Crippen LogP) is 1.48. The van der Waals surface area contributed by atoms with E-state index in [1.54, 1.807) is 6.92 Å². The molecule has 0 aliphatic heterocycles. The molecule has 16 heavy (non-hydrogen) atoms. The van der Waals surface area contributed by atoms with Gasteiger partial charge in [0.15, 0.2) is 11.6 Å². The molecule has 0 bridgehead atoms. The molecule has 4 nitrogen and oxygen atoms in total. The fraction of sp³-hybridized carbons (Fsp3) is 0.273. The van der Waals surface area contributed by atoms with Crippen LogP contribution in [0.1, 0.15) is 17.3 Å². The fourth-order valence-corrected chi connectivity index (χ4v) is 1.11. The zero-order chi connectivity index (χ0) is 12.1. The molecule has 0 aromatic heterocycles. The van der Waals surface area contributed by atoms with Crippen molar-refractivity contribution in [3.05, 3.63) is 29.6 Å². The number of carbonyl (C=O) groups excluding carboxylic acids is 1. The molecule has 84 valence electrons. The van der Waals surface area contributed by atoms with Crippen molar-refractivity contribution in [3.8, 4) is 11.8 Å². The zero-order valence-electron chi connectivity index (χ0n) is 8.95. The third kappa shape index (κ3) is 2.70. The van der Waals surface area contributed by atoms with Gasteiger partial charge >= 0.3 is 0 Å². The number of ether oxygens (including phenoxy) is 1. The first-order chi connectivity index (χ1) is 7.58. The molecule has 1 atom stereocenters. The van der Waals surface area contributed by atoms with E-state index in [-0.39, 0.29) is 11.3 Å². The van der Waals surface area contributed by atoms with Crippen molar-refractivity contribution < 1.29 is 13.9 Å². The summed E-state index contributed by atoms with van der Waals surface area (Å²) in [6.07, 6.45) is 0. The lowest BCUT2D eigenvalue weighted by molar-refractivity contribution is 0.0947. The van der Waals surface area contributed by atoms with Crippen LogP contribution in [0.2, 0.25) is 0 Å². The Bertz CT molecular complexity index is 440. The number of hydrogen-bond acceptors (Lipinski definition) is 3. The van der Waals surface area contributed by atoms with Crippen LogP contribution in [-0.2, 0) is 0 Å². The average molecular weight is 222 g/mol. The molecule has 1 rings (SSSR count). The summed E-state index contributed by atoms with van der Waals surface area (Å²) < 4.78 is 17.8. The standard InChI is InChI=1S/C11H11FN2O2/c1-7(6-13)14-11(15)8-3-4-9(12)10(5-8)16-2/h3-5,7H,1-2H3,(H,14,15). The summed E-state index contributed by atoms with van der Waals surface area (Å²) in [4.78, 5) is 11.6. The minimum Gasteiger partial charge on any atom is -0.494 e. The van der Waals surface area contributed by atoms with Crippen LogP contribution in [0.4, 0.5) is 4.39 Å². The van der Waals surface area contributed by atoms with Crippen LogP contribution in [0, 0.1) is 17.1 Å². The van der Waals surface area contributed by atoms with Gasteiger partial charge in [0.1, 0.15) is 6.04 Å². The van der Waals surface area contributed by atoms with Crippen LogP contribution in [0.15, 0.2) is 18.2 Å². The van der Waals surface area contributed by atoms with Gasteiger partial charge in [-0.3, -0.25) is 4.79 Å². The van der Waals surface area contributed by atoms with Gasteiger partial charge < -0.3 is 10.1 Å². The third-order valence-electron chi connectivity index (χ3n) is 1.95. The molecule has 1 N–H and O–H groups in total. The van der Waals surface area contributed by atoms with Crippen molar-refractivity contribution in [1.29, 1.82) is 5.26 Å². The normalized spacial score (nSPS) is 11.4. The van der Waals surface area contributed by atoms with E-state index in [0.717, 1.165) is 6.07 Å². The largest absolute Gasteiger partial charge is 0.494 e. The Morgan fingerprint density at radius 3 is 2.88 bits per heavy atom. The summed E-state index contributed by atoms with van der Waals surface area (Å²) >= 11 is 0. The van der Waals surface area contributed by atoms with Gasteiger partial charge in [0.05, 0.1) is 13.2 Å². The third-order valence-corrected chi connectivity index (χ3v) is 1.95. The highest BCUT2D eigenvalue weighted by Crippen LogP contribution is 2.18. The molecule has 0 aliphatic carbocycles. The molecule has 5 heteroatoms. The first-order valence-electron chi connectivity index (χ1n) is 4.62. The second-order valence-corrected chi connectivity index (χ2v) is 3.17. The smallest absolute Gasteiger partial charge is 0.252 e. The number of amides is 1. The van der Waals surface area contributed by atoms with E-state index in [0.29, 0.717) is 0 Å². The molecule has 0 radical (unpaired) electrons. The number of halogens is 1. The first-order valence-corrected chi connectivity index (χ1v) is 4.62. The summed E-state index contributed by atoms with van der Waals surface area (Å²) in [6, 6.07) is 5.04. The Balaban J connectivity index is 2.89. The molecule has 0 saturated carbocycles. The molecule has 1 aromatic rings. The Hall–Kier alpha value is -2.09. The molecule has 0 spiro atoms. The van der Waals surface area contributed by atoms with Gasteiger partial charge in [0, 0.05) is 5.56 Å². The van der Waals surface area contributed by atoms with E-state index in [4.69, 9.17) is 10.00 Å². The van der Waals surface area contributed by atoms with Crippen LogP contribution in [0.25, 0.3) is 0 Å². The Morgan fingerprint density at radius 2 is 2.31 bits per heavy atom. The van der Waals surface area contributed by atoms with Crippen molar-refractivity contribution in [2.24, 2.45) is 0 Å². The van der Waals surface area contributed by atoms with Crippen molar-refractivity contribution >= 4 is 5.91 Å². The topological polar surface area (TPSA) is 62.1 Å². The molecule has 0 aliphatic rings. The van der Waals surface area contributed by atoms with Gasteiger partial charge in [-0.15, -0.1) is 0 Å². The fourth-order valence-electron chi connectivity index (χ4n) is 1.11. The second kappa shape index (κ2) is 5.12. The summed E-state index contributed by atoms with van der Waals surface area (Å²) in [5.74, 6) is -0.975. The van der Waals surface area contributed by atoms with Crippen LogP contribution >= 0.6 is 0 Å². The number of hydrogen-bond donors (Lipinski definition) is 1. The van der Waals surface area contributed by atoms with Gasteiger partial charge in [0.2, 0.25) is 0 Å². The molecule has 0 heterocycles. The number of rotatable bonds is 3. The number of nitrogens with zero attached hydrogens (tertiary/aromatic N) is 1. The van der Waals surface area contributed by atoms with Gasteiger partial charge in [-0.1, -0.05) is 0 Å². The molecular formula is C11H11FN2O2. The van der Waals surface area contributed by atoms with Crippen molar-refractivity contribution in [3.63, 3.8) is 0 Å². The van der Waals surface area contributed by atoms with Crippen LogP contribution in [0.3, 0.4) is 0 Å². The minimum atomic E-state index is -0.594. The van der Waals surface area contributed by atoms with Gasteiger partial charge in [-0.25, -0.2) is 4.39 Å². The SMILES string of the molecule is COc1cc(C(=O)NC(C)C#N)ccc1F. The quantitative estimate of drug-likeness (QED) is 0.842. The van der Waals surface area contributed by atoms with E-state index in [9.17, 15) is 9.18 Å². The number of nitriles is 1. The maximum Gasteiger partial charge on any atom is 0.252 e. The zero-order valence-corrected chi connectivity index (χ0v) is 8.95. The average Bonchev–Trinajstić information content (AvgIpc) is 2.29. The summed E-state index contributed by atoms with van der Waals surface area (Å²) in [5, 5.41) is 11.0. The predicted molar refractivity (Wildman–Crippen MR) is 55.5 cm³/mol. The number of methoxy groups -OCH3 is 1. The molecule has 0 saturated heterocycles. The van der Waals surface area contributed by atoms with E-state index < -0.39 is 17.8 Å². The highest BCUT2D eigenvalue weighted by atomic mass is 19.1. The maximum absolute atomic E-state index is 13.1. The first kappa shape index (κ1) is 12.0. The lowest BCUT2D eigenvalue weighted by Crippen LogP contribution is -2.31. The van der Waals surface area contributed by atoms with E-state index in [1.807, 2.05) is 6.07 Å². The Labute approximate surface area is 92.6 Å². The van der Waals surface area contributed by atoms with Crippen molar-refractivity contribution in [1.82, 2.24) is 5.32 Å². The highest BCUT2D eigenvalue weighted by molar-refractivity contribution is 5.94. The van der Waals surface area contributed by atoms with Crippen LogP contribution in [0.5, 0.6) is 5.75 Å². The number of benzene rings is 1. The van der Waals surface area contributed by atoms with E-state index in [1.165, 1.54) is 19.2 Å².